The maximum Gasteiger partial charge on any atom is 0.229 e. The number of rotatable bonds is 2. The normalized spacial score (nSPS) is 17.3. The molecule has 0 bridgehead atoms. The van der Waals surface area contributed by atoms with E-state index in [1.807, 2.05) is 19.1 Å². The summed E-state index contributed by atoms with van der Waals surface area (Å²) in [6.45, 7) is 2.23. The summed E-state index contributed by atoms with van der Waals surface area (Å²) in [6, 6.07) is 5.47. The number of imide groups is 1. The molecule has 0 aromatic heterocycles. The molecule has 18 heavy (non-hydrogen) atoms. The summed E-state index contributed by atoms with van der Waals surface area (Å²) < 4.78 is 0.816. The Kier molecular flexibility index (Phi) is 3.71. The highest BCUT2D eigenvalue weighted by Crippen LogP contribution is 2.24. The van der Waals surface area contributed by atoms with Gasteiger partial charge in [-0.25, -0.2) is 0 Å². The first-order valence-electron chi connectivity index (χ1n) is 5.84. The van der Waals surface area contributed by atoms with E-state index in [4.69, 9.17) is 5.73 Å². The Morgan fingerprint density at radius 3 is 2.50 bits per heavy atom. The molecule has 5 heteroatoms. The van der Waals surface area contributed by atoms with Crippen LogP contribution in [0.1, 0.15) is 25.3 Å². The van der Waals surface area contributed by atoms with Crippen LogP contribution in [0.4, 0.5) is 5.69 Å². The van der Waals surface area contributed by atoms with Crippen LogP contribution < -0.4 is 5.73 Å². The lowest BCUT2D eigenvalue weighted by atomic mass is 9.97. The van der Waals surface area contributed by atoms with Crippen LogP contribution in [0.3, 0.4) is 0 Å². The first kappa shape index (κ1) is 13.1. The fourth-order valence-corrected chi connectivity index (χ4v) is 2.32. The minimum atomic E-state index is -0.0970. The Labute approximate surface area is 114 Å². The van der Waals surface area contributed by atoms with E-state index >= 15 is 0 Å². The average Bonchev–Trinajstić information content (AvgIpc) is 2.28. The van der Waals surface area contributed by atoms with Crippen LogP contribution in [-0.4, -0.2) is 16.7 Å². The molecule has 2 N–H and O–H groups in total. The van der Waals surface area contributed by atoms with Crippen LogP contribution in [0.5, 0.6) is 0 Å². The molecule has 2 rings (SSSR count). The molecule has 0 unspecified atom stereocenters. The molecule has 1 aromatic rings. The molecule has 0 radical (unpaired) electrons. The van der Waals surface area contributed by atoms with Gasteiger partial charge < -0.3 is 5.73 Å². The molecule has 1 aliphatic rings. The molecule has 1 heterocycles. The summed E-state index contributed by atoms with van der Waals surface area (Å²) >= 11 is 3.31. The number of anilines is 1. The molecule has 96 valence electrons. The van der Waals surface area contributed by atoms with Gasteiger partial charge in [-0.15, -0.1) is 0 Å². The Balaban J connectivity index is 2.15. The quantitative estimate of drug-likeness (QED) is 0.673. The SMILES string of the molecule is CC1CC(=O)N(Cc2ccc(Br)c(N)c2)C(=O)C1. The van der Waals surface area contributed by atoms with Gasteiger partial charge in [0.25, 0.3) is 0 Å². The minimum Gasteiger partial charge on any atom is -0.398 e. The van der Waals surface area contributed by atoms with Crippen molar-refractivity contribution < 1.29 is 9.59 Å². The van der Waals surface area contributed by atoms with Gasteiger partial charge in [0.05, 0.1) is 6.54 Å². The summed E-state index contributed by atoms with van der Waals surface area (Å²) in [4.78, 5) is 25.0. The van der Waals surface area contributed by atoms with Crippen molar-refractivity contribution in [2.45, 2.75) is 26.3 Å². The first-order valence-corrected chi connectivity index (χ1v) is 6.63. The van der Waals surface area contributed by atoms with Crippen molar-refractivity contribution in [3.8, 4) is 0 Å². The van der Waals surface area contributed by atoms with Gasteiger partial charge in [-0.2, -0.15) is 0 Å². The number of nitrogens with zero attached hydrogens (tertiary/aromatic N) is 1. The molecule has 0 spiro atoms. The zero-order chi connectivity index (χ0) is 13.3. The van der Waals surface area contributed by atoms with E-state index in [2.05, 4.69) is 15.9 Å². The molecule has 0 atom stereocenters. The van der Waals surface area contributed by atoms with Crippen molar-refractivity contribution >= 4 is 33.4 Å². The third-order valence-corrected chi connectivity index (χ3v) is 3.77. The Bertz CT molecular complexity index is 484. The molecule has 0 saturated carbocycles. The Hall–Kier alpha value is -1.36. The second-order valence-corrected chi connectivity index (χ2v) is 5.60. The number of nitrogens with two attached hydrogens (primary N) is 1. The predicted octanol–water partition coefficient (Wildman–Crippen LogP) is 2.32. The molecular weight excluding hydrogens is 296 g/mol. The zero-order valence-corrected chi connectivity index (χ0v) is 11.7. The average molecular weight is 311 g/mol. The summed E-state index contributed by atoms with van der Waals surface area (Å²) in [6.07, 6.45) is 0.884. The highest BCUT2D eigenvalue weighted by molar-refractivity contribution is 9.10. The van der Waals surface area contributed by atoms with Crippen LogP contribution in [-0.2, 0) is 16.1 Å². The lowest BCUT2D eigenvalue weighted by Gasteiger charge is -2.28. The number of benzene rings is 1. The highest BCUT2D eigenvalue weighted by atomic mass is 79.9. The molecule has 1 aromatic carbocycles. The Morgan fingerprint density at radius 2 is 1.94 bits per heavy atom. The number of carbonyl (C=O) groups excluding carboxylic acids is 2. The van der Waals surface area contributed by atoms with Crippen molar-refractivity contribution in [3.63, 3.8) is 0 Å². The summed E-state index contributed by atoms with van der Waals surface area (Å²) in [7, 11) is 0. The van der Waals surface area contributed by atoms with Gasteiger partial charge >= 0.3 is 0 Å². The monoisotopic (exact) mass is 310 g/mol. The topological polar surface area (TPSA) is 63.4 Å². The van der Waals surface area contributed by atoms with Gasteiger partial charge in [-0.3, -0.25) is 14.5 Å². The van der Waals surface area contributed by atoms with Crippen LogP contribution in [0.2, 0.25) is 0 Å². The van der Waals surface area contributed by atoms with Crippen LogP contribution in [0, 0.1) is 5.92 Å². The second-order valence-electron chi connectivity index (χ2n) is 4.74. The van der Waals surface area contributed by atoms with Gasteiger partial charge in [-0.1, -0.05) is 13.0 Å². The smallest absolute Gasteiger partial charge is 0.229 e. The number of likely N-dealkylation sites (tertiary alicyclic amines) is 1. The van der Waals surface area contributed by atoms with Crippen LogP contribution >= 0.6 is 15.9 Å². The zero-order valence-electron chi connectivity index (χ0n) is 10.1. The van der Waals surface area contributed by atoms with E-state index in [9.17, 15) is 9.59 Å². The number of hydrogen-bond acceptors (Lipinski definition) is 3. The highest BCUT2D eigenvalue weighted by Gasteiger charge is 2.30. The van der Waals surface area contributed by atoms with Crippen molar-refractivity contribution in [2.24, 2.45) is 5.92 Å². The minimum absolute atomic E-state index is 0.0970. The number of amides is 2. The van der Waals surface area contributed by atoms with Crippen molar-refractivity contribution in [3.05, 3.63) is 28.2 Å². The van der Waals surface area contributed by atoms with E-state index < -0.39 is 0 Å². The predicted molar refractivity (Wildman–Crippen MR) is 72.5 cm³/mol. The number of hydrogen-bond donors (Lipinski definition) is 1. The van der Waals surface area contributed by atoms with E-state index in [1.165, 1.54) is 4.90 Å². The third kappa shape index (κ3) is 2.72. The summed E-state index contributed by atoms with van der Waals surface area (Å²) in [5.41, 5.74) is 7.26. The number of carbonyl (C=O) groups is 2. The molecule has 0 aliphatic carbocycles. The molecule has 1 fully saturated rings. The van der Waals surface area contributed by atoms with E-state index in [-0.39, 0.29) is 17.7 Å². The number of halogens is 1. The molecule has 2 amide bonds. The maximum absolute atomic E-state index is 11.8. The number of nitrogen functional groups attached to an aromatic ring is 1. The van der Waals surface area contributed by atoms with Crippen LogP contribution in [0.25, 0.3) is 0 Å². The molecule has 1 saturated heterocycles. The van der Waals surface area contributed by atoms with Crippen LogP contribution in [0.15, 0.2) is 22.7 Å². The van der Waals surface area contributed by atoms with Gasteiger partial charge in [0.15, 0.2) is 0 Å². The van der Waals surface area contributed by atoms with Gasteiger partial charge in [0.2, 0.25) is 11.8 Å². The summed E-state index contributed by atoms with van der Waals surface area (Å²) in [5, 5.41) is 0. The molecule has 4 nitrogen and oxygen atoms in total. The fraction of sp³-hybridized carbons (Fsp3) is 0.385. The lowest BCUT2D eigenvalue weighted by Crippen LogP contribution is -2.42. The standard InChI is InChI=1S/C13H15BrN2O2/c1-8-4-12(17)16(13(18)5-8)7-9-2-3-10(14)11(15)6-9/h2-3,6,8H,4-5,7,15H2,1H3. The van der Waals surface area contributed by atoms with E-state index in [0.717, 1.165) is 10.0 Å². The van der Waals surface area contributed by atoms with Crippen molar-refractivity contribution in [2.75, 3.05) is 5.73 Å². The van der Waals surface area contributed by atoms with Gasteiger partial charge in [0, 0.05) is 23.0 Å². The van der Waals surface area contributed by atoms with E-state index in [0.29, 0.717) is 25.1 Å². The van der Waals surface area contributed by atoms with Gasteiger partial charge in [0.1, 0.15) is 0 Å². The lowest BCUT2D eigenvalue weighted by molar-refractivity contribution is -0.150. The van der Waals surface area contributed by atoms with Crippen molar-refractivity contribution in [1.29, 1.82) is 0 Å². The van der Waals surface area contributed by atoms with Crippen molar-refractivity contribution in [1.82, 2.24) is 4.90 Å². The third-order valence-electron chi connectivity index (χ3n) is 3.05. The fourth-order valence-electron chi connectivity index (χ4n) is 2.08. The second kappa shape index (κ2) is 5.10. The van der Waals surface area contributed by atoms with Gasteiger partial charge in [-0.05, 0) is 39.5 Å². The van der Waals surface area contributed by atoms with E-state index in [1.54, 1.807) is 6.07 Å². The molecular formula is C13H15BrN2O2. The number of piperidine rings is 1. The molecule has 1 aliphatic heterocycles. The maximum atomic E-state index is 11.8. The largest absolute Gasteiger partial charge is 0.398 e. The Morgan fingerprint density at radius 1 is 1.33 bits per heavy atom. The summed E-state index contributed by atoms with van der Waals surface area (Å²) in [5.74, 6) is -0.0447. The first-order chi connectivity index (χ1) is 8.47.